The van der Waals surface area contributed by atoms with E-state index in [2.05, 4.69) is 20.4 Å². The van der Waals surface area contributed by atoms with Crippen molar-refractivity contribution in [1.82, 2.24) is 20.4 Å². The molecule has 24 heavy (non-hydrogen) atoms. The Morgan fingerprint density at radius 1 is 1.25 bits per heavy atom. The number of hydrogen-bond donors (Lipinski definition) is 1. The van der Waals surface area contributed by atoms with Crippen LogP contribution in [0.4, 0.5) is 4.39 Å². The van der Waals surface area contributed by atoms with Crippen LogP contribution in [0.2, 0.25) is 0 Å². The lowest BCUT2D eigenvalue weighted by atomic mass is 10.2. The summed E-state index contributed by atoms with van der Waals surface area (Å²) in [6, 6.07) is 5.67. The summed E-state index contributed by atoms with van der Waals surface area (Å²) in [5, 5.41) is 6.51. The van der Waals surface area contributed by atoms with E-state index in [0.717, 1.165) is 39.3 Å². The molecule has 0 unspecified atom stereocenters. The van der Waals surface area contributed by atoms with Crippen molar-refractivity contribution < 1.29 is 18.4 Å². The molecule has 0 bridgehead atoms. The fourth-order valence-electron chi connectivity index (χ4n) is 2.44. The molecule has 1 saturated heterocycles. The van der Waals surface area contributed by atoms with E-state index in [1.165, 1.54) is 24.3 Å². The number of nitrogens with zero attached hydrogens (tertiary/aromatic N) is 3. The number of carbonyl (C=O) groups is 1. The minimum Gasteiger partial charge on any atom is -0.379 e. The van der Waals surface area contributed by atoms with Crippen molar-refractivity contribution in [3.63, 3.8) is 0 Å². The van der Waals surface area contributed by atoms with E-state index in [1.807, 2.05) is 0 Å². The van der Waals surface area contributed by atoms with Gasteiger partial charge in [-0.05, 0) is 37.2 Å². The highest BCUT2D eigenvalue weighted by molar-refractivity contribution is 5.89. The fourth-order valence-corrected chi connectivity index (χ4v) is 2.44. The van der Waals surface area contributed by atoms with Gasteiger partial charge in [-0.25, -0.2) is 4.39 Å². The van der Waals surface area contributed by atoms with Gasteiger partial charge in [0.25, 0.3) is 0 Å². The molecule has 3 rings (SSSR count). The summed E-state index contributed by atoms with van der Waals surface area (Å²) in [6.45, 7) is 4.83. The molecule has 8 heteroatoms. The number of hydrogen-bond acceptors (Lipinski definition) is 6. The first-order valence-electron chi connectivity index (χ1n) is 7.90. The Kier molecular flexibility index (Phi) is 5.50. The number of benzene rings is 1. The first-order valence-corrected chi connectivity index (χ1v) is 7.90. The summed E-state index contributed by atoms with van der Waals surface area (Å²) in [5.41, 5.74) is 0.589. The molecule has 0 spiro atoms. The van der Waals surface area contributed by atoms with E-state index in [-0.39, 0.29) is 17.5 Å². The standard InChI is InChI=1S/C16H19FN4O3/c17-13-4-2-12(3-5-13)14-19-16(24-20-14)15(22)18-6-1-7-21-8-10-23-11-9-21/h2-5H,1,6-11H2,(H,18,22). The number of ether oxygens (including phenoxy) is 1. The maximum atomic E-state index is 12.9. The largest absolute Gasteiger partial charge is 0.379 e. The van der Waals surface area contributed by atoms with E-state index in [9.17, 15) is 9.18 Å². The van der Waals surface area contributed by atoms with Gasteiger partial charge in [0.2, 0.25) is 5.82 Å². The van der Waals surface area contributed by atoms with Gasteiger partial charge in [0, 0.05) is 25.2 Å². The lowest BCUT2D eigenvalue weighted by Crippen LogP contribution is -2.38. The maximum absolute atomic E-state index is 12.9. The number of rotatable bonds is 6. The second-order valence-electron chi connectivity index (χ2n) is 5.49. The smallest absolute Gasteiger partial charge is 0.316 e. The van der Waals surface area contributed by atoms with Crippen molar-refractivity contribution in [3.8, 4) is 11.4 Å². The van der Waals surface area contributed by atoms with Crippen LogP contribution in [0.25, 0.3) is 11.4 Å². The summed E-state index contributed by atoms with van der Waals surface area (Å²) >= 11 is 0. The van der Waals surface area contributed by atoms with Crippen LogP contribution in [-0.2, 0) is 4.74 Å². The summed E-state index contributed by atoms with van der Waals surface area (Å²) < 4.78 is 23.2. The van der Waals surface area contributed by atoms with Crippen molar-refractivity contribution in [2.75, 3.05) is 39.4 Å². The van der Waals surface area contributed by atoms with Crippen LogP contribution in [0.15, 0.2) is 28.8 Å². The molecular weight excluding hydrogens is 315 g/mol. The molecule has 0 saturated carbocycles. The molecule has 7 nitrogen and oxygen atoms in total. The van der Waals surface area contributed by atoms with Gasteiger partial charge < -0.3 is 14.6 Å². The number of amides is 1. The van der Waals surface area contributed by atoms with Crippen LogP contribution < -0.4 is 5.32 Å². The Hall–Kier alpha value is -2.32. The van der Waals surface area contributed by atoms with Gasteiger partial charge >= 0.3 is 11.8 Å². The normalized spacial score (nSPS) is 15.4. The topological polar surface area (TPSA) is 80.5 Å². The molecule has 2 heterocycles. The van der Waals surface area contributed by atoms with E-state index < -0.39 is 5.91 Å². The third-order valence-electron chi connectivity index (χ3n) is 3.76. The van der Waals surface area contributed by atoms with Crippen molar-refractivity contribution in [1.29, 1.82) is 0 Å². The molecule has 0 radical (unpaired) electrons. The van der Waals surface area contributed by atoms with Crippen LogP contribution in [0.3, 0.4) is 0 Å². The van der Waals surface area contributed by atoms with Crippen molar-refractivity contribution >= 4 is 5.91 Å². The summed E-state index contributed by atoms with van der Waals surface area (Å²) in [7, 11) is 0. The third kappa shape index (κ3) is 4.36. The molecule has 1 N–H and O–H groups in total. The summed E-state index contributed by atoms with van der Waals surface area (Å²) in [4.78, 5) is 18.3. The molecule has 128 valence electrons. The molecule has 1 amide bonds. The Bertz CT molecular complexity index is 668. The van der Waals surface area contributed by atoms with Gasteiger partial charge in [-0.1, -0.05) is 5.16 Å². The fraction of sp³-hybridized carbons (Fsp3) is 0.438. The van der Waals surface area contributed by atoms with Crippen LogP contribution >= 0.6 is 0 Å². The summed E-state index contributed by atoms with van der Waals surface area (Å²) in [5.74, 6) is -0.590. The average Bonchev–Trinajstić information content (AvgIpc) is 3.10. The molecule has 1 aromatic heterocycles. The number of morpholine rings is 1. The second kappa shape index (κ2) is 7.98. The van der Waals surface area contributed by atoms with Crippen LogP contribution in [0, 0.1) is 5.82 Å². The van der Waals surface area contributed by atoms with Crippen molar-refractivity contribution in [2.24, 2.45) is 0 Å². The highest BCUT2D eigenvalue weighted by Crippen LogP contribution is 2.15. The van der Waals surface area contributed by atoms with Gasteiger partial charge in [-0.15, -0.1) is 0 Å². The van der Waals surface area contributed by atoms with E-state index in [4.69, 9.17) is 9.26 Å². The Balaban J connectivity index is 1.46. The molecular formula is C16H19FN4O3. The number of carbonyl (C=O) groups excluding carboxylic acids is 1. The third-order valence-corrected chi connectivity index (χ3v) is 3.76. The average molecular weight is 334 g/mol. The first kappa shape index (κ1) is 16.5. The zero-order valence-electron chi connectivity index (χ0n) is 13.2. The number of nitrogens with one attached hydrogen (secondary N) is 1. The SMILES string of the molecule is O=C(NCCCN1CCOCC1)c1nc(-c2ccc(F)cc2)no1. The summed E-state index contributed by atoms with van der Waals surface area (Å²) in [6.07, 6.45) is 0.838. The van der Waals surface area contributed by atoms with Crippen LogP contribution in [0.1, 0.15) is 17.1 Å². The Morgan fingerprint density at radius 2 is 2.00 bits per heavy atom. The van der Waals surface area contributed by atoms with Gasteiger partial charge in [0.1, 0.15) is 5.82 Å². The first-order chi connectivity index (χ1) is 11.7. The second-order valence-corrected chi connectivity index (χ2v) is 5.49. The zero-order valence-corrected chi connectivity index (χ0v) is 13.2. The highest BCUT2D eigenvalue weighted by Gasteiger charge is 2.16. The van der Waals surface area contributed by atoms with E-state index in [0.29, 0.717) is 12.1 Å². The van der Waals surface area contributed by atoms with Gasteiger partial charge in [-0.2, -0.15) is 4.98 Å². The molecule has 0 atom stereocenters. The predicted molar refractivity (Wildman–Crippen MR) is 83.9 cm³/mol. The minimum absolute atomic E-state index is 0.0966. The molecule has 1 aliphatic heterocycles. The molecule has 1 fully saturated rings. The lowest BCUT2D eigenvalue weighted by Gasteiger charge is -2.26. The van der Waals surface area contributed by atoms with Gasteiger partial charge in [-0.3, -0.25) is 9.69 Å². The van der Waals surface area contributed by atoms with E-state index in [1.54, 1.807) is 0 Å². The Labute approximate surface area is 138 Å². The molecule has 0 aliphatic carbocycles. The maximum Gasteiger partial charge on any atom is 0.316 e. The molecule has 2 aromatic rings. The lowest BCUT2D eigenvalue weighted by molar-refractivity contribution is 0.0374. The molecule has 1 aliphatic rings. The van der Waals surface area contributed by atoms with Gasteiger partial charge in [0.05, 0.1) is 13.2 Å². The predicted octanol–water partition coefficient (Wildman–Crippen LogP) is 1.33. The quantitative estimate of drug-likeness (QED) is 0.803. The van der Waals surface area contributed by atoms with Crippen LogP contribution in [-0.4, -0.2) is 60.3 Å². The highest BCUT2D eigenvalue weighted by atomic mass is 19.1. The van der Waals surface area contributed by atoms with Gasteiger partial charge in [0.15, 0.2) is 0 Å². The number of aromatic nitrogens is 2. The Morgan fingerprint density at radius 3 is 2.75 bits per heavy atom. The number of halogens is 1. The zero-order chi connectivity index (χ0) is 16.8. The van der Waals surface area contributed by atoms with Crippen molar-refractivity contribution in [3.05, 3.63) is 36.0 Å². The van der Waals surface area contributed by atoms with E-state index >= 15 is 0 Å². The monoisotopic (exact) mass is 334 g/mol. The van der Waals surface area contributed by atoms with Crippen LogP contribution in [0.5, 0.6) is 0 Å². The minimum atomic E-state index is -0.405. The van der Waals surface area contributed by atoms with Crippen molar-refractivity contribution in [2.45, 2.75) is 6.42 Å². The molecule has 1 aromatic carbocycles.